The molecule has 0 saturated carbocycles. The maximum absolute atomic E-state index is 12.0. The van der Waals surface area contributed by atoms with Crippen molar-refractivity contribution in [3.05, 3.63) is 23.8 Å². The van der Waals surface area contributed by atoms with Crippen molar-refractivity contribution >= 4 is 11.9 Å². The molecule has 104 valence electrons. The van der Waals surface area contributed by atoms with Gasteiger partial charge in [0.15, 0.2) is 0 Å². The maximum Gasteiger partial charge on any atom is 0.326 e. The Morgan fingerprint density at radius 1 is 1.21 bits per heavy atom. The summed E-state index contributed by atoms with van der Waals surface area (Å²) in [6, 6.07) is 3.76. The number of nitrogens with one attached hydrogen (secondary N) is 1. The molecule has 2 N–H and O–H groups in total. The fourth-order valence-electron chi connectivity index (χ4n) is 1.52. The Labute approximate surface area is 111 Å². The van der Waals surface area contributed by atoms with Crippen molar-refractivity contribution in [3.8, 4) is 11.5 Å². The Kier molecular flexibility index (Phi) is 5.17. The molecule has 0 heterocycles. The van der Waals surface area contributed by atoms with E-state index in [1.165, 1.54) is 26.4 Å². The summed E-state index contributed by atoms with van der Waals surface area (Å²) in [5.41, 5.74) is 0.288. The third-order valence-corrected chi connectivity index (χ3v) is 2.63. The zero-order valence-electron chi connectivity index (χ0n) is 11.1. The van der Waals surface area contributed by atoms with E-state index in [1.54, 1.807) is 13.0 Å². The first-order valence-electron chi connectivity index (χ1n) is 5.78. The fourth-order valence-corrected chi connectivity index (χ4v) is 1.52. The Hall–Kier alpha value is -2.24. The Morgan fingerprint density at radius 2 is 1.74 bits per heavy atom. The van der Waals surface area contributed by atoms with Gasteiger partial charge in [-0.2, -0.15) is 0 Å². The van der Waals surface area contributed by atoms with Gasteiger partial charge in [-0.1, -0.05) is 6.92 Å². The first-order valence-corrected chi connectivity index (χ1v) is 5.78. The van der Waals surface area contributed by atoms with Crippen molar-refractivity contribution in [1.29, 1.82) is 0 Å². The van der Waals surface area contributed by atoms with Gasteiger partial charge >= 0.3 is 5.97 Å². The molecule has 0 radical (unpaired) electrons. The summed E-state index contributed by atoms with van der Waals surface area (Å²) in [7, 11) is 2.95. The van der Waals surface area contributed by atoms with Gasteiger partial charge in [0.1, 0.15) is 17.5 Å². The van der Waals surface area contributed by atoms with Gasteiger partial charge in [-0.25, -0.2) is 4.79 Å². The predicted molar refractivity (Wildman–Crippen MR) is 68.7 cm³/mol. The van der Waals surface area contributed by atoms with Gasteiger partial charge in [-0.15, -0.1) is 0 Å². The summed E-state index contributed by atoms with van der Waals surface area (Å²) in [4.78, 5) is 22.8. The van der Waals surface area contributed by atoms with Crippen LogP contribution in [0.5, 0.6) is 11.5 Å². The van der Waals surface area contributed by atoms with Gasteiger partial charge in [0.25, 0.3) is 5.91 Å². The second kappa shape index (κ2) is 6.63. The van der Waals surface area contributed by atoms with Gasteiger partial charge in [-0.05, 0) is 18.6 Å². The first kappa shape index (κ1) is 14.8. The van der Waals surface area contributed by atoms with Crippen LogP contribution in [-0.4, -0.2) is 37.2 Å². The average Bonchev–Trinajstić information content (AvgIpc) is 2.43. The molecule has 0 unspecified atom stereocenters. The van der Waals surface area contributed by atoms with Crippen LogP contribution in [-0.2, 0) is 4.79 Å². The normalized spacial score (nSPS) is 11.5. The number of methoxy groups -OCH3 is 2. The van der Waals surface area contributed by atoms with E-state index in [1.807, 2.05) is 0 Å². The molecular formula is C13H17NO5. The van der Waals surface area contributed by atoms with Crippen LogP contribution in [0.25, 0.3) is 0 Å². The van der Waals surface area contributed by atoms with Gasteiger partial charge in [0, 0.05) is 11.6 Å². The SMILES string of the molecule is CC[C@@H](NC(=O)c1cc(OC)cc(OC)c1)C(=O)O. The van der Waals surface area contributed by atoms with Crippen molar-refractivity contribution < 1.29 is 24.2 Å². The highest BCUT2D eigenvalue weighted by Crippen LogP contribution is 2.22. The van der Waals surface area contributed by atoms with Crippen molar-refractivity contribution in [2.24, 2.45) is 0 Å². The summed E-state index contributed by atoms with van der Waals surface area (Å²) in [5.74, 6) is -0.613. The molecule has 6 nitrogen and oxygen atoms in total. The number of amides is 1. The highest BCUT2D eigenvalue weighted by atomic mass is 16.5. The lowest BCUT2D eigenvalue weighted by atomic mass is 10.1. The number of carbonyl (C=O) groups excluding carboxylic acids is 1. The standard InChI is InChI=1S/C13H17NO5/c1-4-11(13(16)17)14-12(15)8-5-9(18-2)7-10(6-8)19-3/h5-7,11H,4H2,1-3H3,(H,14,15)(H,16,17)/t11-/m1/s1. The molecule has 0 bridgehead atoms. The van der Waals surface area contributed by atoms with Crippen molar-refractivity contribution in [1.82, 2.24) is 5.32 Å². The highest BCUT2D eigenvalue weighted by Gasteiger charge is 2.19. The molecule has 0 saturated heterocycles. The van der Waals surface area contributed by atoms with Crippen LogP contribution in [0.1, 0.15) is 23.7 Å². The maximum atomic E-state index is 12.0. The number of carboxylic acids is 1. The van der Waals surface area contributed by atoms with Crippen molar-refractivity contribution in [2.75, 3.05) is 14.2 Å². The van der Waals surface area contributed by atoms with E-state index in [9.17, 15) is 9.59 Å². The minimum atomic E-state index is -1.06. The number of aliphatic carboxylic acids is 1. The predicted octanol–water partition coefficient (Wildman–Crippen LogP) is 1.30. The van der Waals surface area contributed by atoms with Crippen LogP contribution >= 0.6 is 0 Å². The lowest BCUT2D eigenvalue weighted by molar-refractivity contribution is -0.139. The molecule has 0 fully saturated rings. The Bertz CT molecular complexity index is 450. The monoisotopic (exact) mass is 267 g/mol. The van der Waals surface area contributed by atoms with Gasteiger partial charge in [-0.3, -0.25) is 4.79 Å². The summed E-state index contributed by atoms with van der Waals surface area (Å²) >= 11 is 0. The van der Waals surface area contributed by atoms with E-state index in [0.29, 0.717) is 17.9 Å². The number of hydrogen-bond donors (Lipinski definition) is 2. The van der Waals surface area contributed by atoms with Crippen molar-refractivity contribution in [2.45, 2.75) is 19.4 Å². The minimum Gasteiger partial charge on any atom is -0.497 e. The summed E-state index contributed by atoms with van der Waals surface area (Å²) in [6.45, 7) is 1.69. The quantitative estimate of drug-likeness (QED) is 0.811. The minimum absolute atomic E-state index is 0.288. The van der Waals surface area contributed by atoms with E-state index in [2.05, 4.69) is 5.32 Å². The number of hydrogen-bond acceptors (Lipinski definition) is 4. The molecule has 1 amide bonds. The van der Waals surface area contributed by atoms with Gasteiger partial charge in [0.2, 0.25) is 0 Å². The molecule has 0 aliphatic rings. The molecule has 19 heavy (non-hydrogen) atoms. The topological polar surface area (TPSA) is 84.9 Å². The zero-order valence-corrected chi connectivity index (χ0v) is 11.1. The largest absolute Gasteiger partial charge is 0.497 e. The molecule has 0 aliphatic carbocycles. The molecule has 1 aromatic rings. The number of carbonyl (C=O) groups is 2. The lowest BCUT2D eigenvalue weighted by Gasteiger charge is -2.13. The molecule has 1 aromatic carbocycles. The third kappa shape index (κ3) is 3.87. The highest BCUT2D eigenvalue weighted by molar-refractivity contribution is 5.97. The first-order chi connectivity index (χ1) is 9.01. The smallest absolute Gasteiger partial charge is 0.326 e. The fraction of sp³-hybridized carbons (Fsp3) is 0.385. The summed E-state index contributed by atoms with van der Waals surface area (Å²) in [6.07, 6.45) is 0.308. The van der Waals surface area contributed by atoms with Gasteiger partial charge < -0.3 is 19.9 Å². The van der Waals surface area contributed by atoms with Crippen LogP contribution in [0.3, 0.4) is 0 Å². The molecular weight excluding hydrogens is 250 g/mol. The van der Waals surface area contributed by atoms with E-state index in [4.69, 9.17) is 14.6 Å². The summed E-state index contributed by atoms with van der Waals surface area (Å²) in [5, 5.41) is 11.3. The average molecular weight is 267 g/mol. The van der Waals surface area contributed by atoms with Crippen molar-refractivity contribution in [3.63, 3.8) is 0 Å². The van der Waals surface area contributed by atoms with E-state index >= 15 is 0 Å². The molecule has 0 aliphatic heterocycles. The second-order valence-corrected chi connectivity index (χ2v) is 3.87. The van der Waals surface area contributed by atoms with Crippen LogP contribution < -0.4 is 14.8 Å². The number of carboxylic acid groups (broad SMARTS) is 1. The van der Waals surface area contributed by atoms with E-state index in [0.717, 1.165) is 0 Å². The van der Waals surface area contributed by atoms with Crippen LogP contribution in [0.15, 0.2) is 18.2 Å². The lowest BCUT2D eigenvalue weighted by Crippen LogP contribution is -2.40. The third-order valence-electron chi connectivity index (χ3n) is 2.63. The Balaban J connectivity index is 2.95. The van der Waals surface area contributed by atoms with E-state index in [-0.39, 0.29) is 5.56 Å². The number of rotatable bonds is 6. The summed E-state index contributed by atoms with van der Waals surface area (Å²) < 4.78 is 10.1. The van der Waals surface area contributed by atoms with Gasteiger partial charge in [0.05, 0.1) is 14.2 Å². The zero-order chi connectivity index (χ0) is 14.4. The van der Waals surface area contributed by atoms with E-state index < -0.39 is 17.9 Å². The van der Waals surface area contributed by atoms with Crippen LogP contribution in [0, 0.1) is 0 Å². The molecule has 0 aromatic heterocycles. The number of benzene rings is 1. The molecule has 0 spiro atoms. The second-order valence-electron chi connectivity index (χ2n) is 3.87. The molecule has 1 atom stereocenters. The number of ether oxygens (including phenoxy) is 2. The molecule has 1 rings (SSSR count). The Morgan fingerprint density at radius 3 is 2.11 bits per heavy atom. The molecule has 6 heteroatoms. The van der Waals surface area contributed by atoms with Crippen LogP contribution in [0.2, 0.25) is 0 Å². The van der Waals surface area contributed by atoms with Crippen LogP contribution in [0.4, 0.5) is 0 Å².